The van der Waals surface area contributed by atoms with Gasteiger partial charge in [0.1, 0.15) is 11.9 Å². The van der Waals surface area contributed by atoms with E-state index < -0.39 is 11.9 Å². The number of nitrogens with one attached hydrogen (secondary N) is 1. The fourth-order valence-corrected chi connectivity index (χ4v) is 4.10. The minimum atomic E-state index is -0.523. The van der Waals surface area contributed by atoms with E-state index in [2.05, 4.69) is 20.4 Å². The van der Waals surface area contributed by atoms with Gasteiger partial charge in [-0.15, -0.1) is 11.3 Å². The molecule has 3 aromatic rings. The Morgan fingerprint density at radius 3 is 2.70 bits per heavy atom. The topological polar surface area (TPSA) is 101 Å². The average molecular weight is 470 g/mol. The van der Waals surface area contributed by atoms with Gasteiger partial charge in [0.05, 0.1) is 11.4 Å². The summed E-state index contributed by atoms with van der Waals surface area (Å²) >= 11 is 1.18. The van der Waals surface area contributed by atoms with E-state index in [9.17, 15) is 14.0 Å². The van der Waals surface area contributed by atoms with E-state index in [4.69, 9.17) is 4.52 Å². The predicted molar refractivity (Wildman–Crippen MR) is 122 cm³/mol. The standard InChI is InChI=1S/C23H24FN5O3S/c1-13(2)20(22-27-21(28-32-22)15-8-9-15)26-19(31)11-10-16-12-33-23(25-16)29(14(3)30)18-7-5-4-6-17(18)24/h4-7,10-13,15,20H,8-9H2,1-3H3,(H,26,31)/b11-10+. The Labute approximate surface area is 194 Å². The molecule has 1 aliphatic rings. The summed E-state index contributed by atoms with van der Waals surface area (Å²) in [5.74, 6) is 0.269. The lowest BCUT2D eigenvalue weighted by molar-refractivity contribution is -0.118. The molecule has 1 N–H and O–H groups in total. The molecule has 2 heterocycles. The van der Waals surface area contributed by atoms with Crippen molar-refractivity contribution in [1.82, 2.24) is 20.4 Å². The van der Waals surface area contributed by atoms with E-state index in [0.29, 0.717) is 28.5 Å². The van der Waals surface area contributed by atoms with E-state index in [1.807, 2.05) is 13.8 Å². The van der Waals surface area contributed by atoms with Crippen LogP contribution in [0.25, 0.3) is 6.08 Å². The first kappa shape index (κ1) is 22.8. The van der Waals surface area contributed by atoms with Crippen molar-refractivity contribution >= 4 is 40.0 Å². The van der Waals surface area contributed by atoms with Crippen LogP contribution in [0.15, 0.2) is 40.2 Å². The molecule has 0 radical (unpaired) electrons. The second kappa shape index (κ2) is 9.62. The van der Waals surface area contributed by atoms with Crippen molar-refractivity contribution in [2.24, 2.45) is 5.92 Å². The minimum Gasteiger partial charge on any atom is -0.340 e. The van der Waals surface area contributed by atoms with Crippen molar-refractivity contribution in [3.63, 3.8) is 0 Å². The summed E-state index contributed by atoms with van der Waals surface area (Å²) in [6.45, 7) is 5.26. The predicted octanol–water partition coefficient (Wildman–Crippen LogP) is 4.75. The van der Waals surface area contributed by atoms with Crippen LogP contribution in [0.3, 0.4) is 0 Å². The molecule has 0 saturated heterocycles. The highest BCUT2D eigenvalue weighted by Crippen LogP contribution is 2.38. The number of rotatable bonds is 8. The average Bonchev–Trinajstić information content (AvgIpc) is 3.32. The summed E-state index contributed by atoms with van der Waals surface area (Å²) < 4.78 is 19.6. The Balaban J connectivity index is 1.45. The molecule has 4 rings (SSSR count). The van der Waals surface area contributed by atoms with Crippen LogP contribution in [0, 0.1) is 11.7 Å². The summed E-state index contributed by atoms with van der Waals surface area (Å²) in [5, 5.41) is 8.92. The third-order valence-electron chi connectivity index (χ3n) is 5.15. The first-order valence-electron chi connectivity index (χ1n) is 10.7. The molecule has 172 valence electrons. The molecule has 1 fully saturated rings. The molecule has 0 spiro atoms. The quantitative estimate of drug-likeness (QED) is 0.478. The summed E-state index contributed by atoms with van der Waals surface area (Å²) in [6, 6.07) is 5.58. The van der Waals surface area contributed by atoms with Gasteiger partial charge >= 0.3 is 0 Å². The van der Waals surface area contributed by atoms with E-state index in [1.165, 1.54) is 47.4 Å². The zero-order chi connectivity index (χ0) is 23.5. The molecule has 33 heavy (non-hydrogen) atoms. The maximum atomic E-state index is 14.2. The molecule has 0 bridgehead atoms. The lowest BCUT2D eigenvalue weighted by Gasteiger charge is -2.18. The van der Waals surface area contributed by atoms with Gasteiger partial charge in [0, 0.05) is 24.3 Å². The molecule has 2 aromatic heterocycles. The summed E-state index contributed by atoms with van der Waals surface area (Å²) in [4.78, 5) is 34.7. The van der Waals surface area contributed by atoms with Crippen molar-refractivity contribution in [3.8, 4) is 0 Å². The van der Waals surface area contributed by atoms with Crippen LogP contribution in [-0.2, 0) is 9.59 Å². The van der Waals surface area contributed by atoms with Crippen molar-refractivity contribution < 1.29 is 18.5 Å². The number of benzene rings is 1. The van der Waals surface area contributed by atoms with Crippen LogP contribution in [0.2, 0.25) is 0 Å². The molecule has 1 saturated carbocycles. The Kier molecular flexibility index (Phi) is 6.64. The van der Waals surface area contributed by atoms with Gasteiger partial charge in [0.15, 0.2) is 11.0 Å². The number of carbonyl (C=O) groups is 2. The number of nitrogens with zero attached hydrogens (tertiary/aromatic N) is 4. The van der Waals surface area contributed by atoms with Crippen molar-refractivity contribution in [2.75, 3.05) is 4.90 Å². The van der Waals surface area contributed by atoms with Gasteiger partial charge in [-0.25, -0.2) is 9.37 Å². The zero-order valence-electron chi connectivity index (χ0n) is 18.5. The highest BCUT2D eigenvalue weighted by Gasteiger charge is 2.31. The van der Waals surface area contributed by atoms with Crippen LogP contribution < -0.4 is 10.2 Å². The van der Waals surface area contributed by atoms with E-state index in [0.717, 1.165) is 12.8 Å². The summed E-state index contributed by atoms with van der Waals surface area (Å²) in [7, 11) is 0. The molecule has 2 amide bonds. The highest BCUT2D eigenvalue weighted by molar-refractivity contribution is 7.14. The van der Waals surface area contributed by atoms with Gasteiger partial charge in [0.25, 0.3) is 0 Å². The number of thiazole rings is 1. The Hall–Kier alpha value is -3.40. The molecule has 1 aliphatic carbocycles. The van der Waals surface area contributed by atoms with Gasteiger partial charge in [-0.2, -0.15) is 4.98 Å². The molecule has 0 aliphatic heterocycles. The van der Waals surface area contributed by atoms with Gasteiger partial charge in [-0.3, -0.25) is 14.5 Å². The number of anilines is 2. The second-order valence-corrected chi connectivity index (χ2v) is 9.03. The third kappa shape index (κ3) is 5.33. The highest BCUT2D eigenvalue weighted by atomic mass is 32.1. The number of aromatic nitrogens is 3. The Bertz CT molecular complexity index is 1180. The molecule has 1 unspecified atom stereocenters. The lowest BCUT2D eigenvalue weighted by Crippen LogP contribution is -2.30. The van der Waals surface area contributed by atoms with Crippen LogP contribution in [0.1, 0.15) is 63.0 Å². The fraction of sp³-hybridized carbons (Fsp3) is 0.348. The minimum absolute atomic E-state index is 0.0469. The monoisotopic (exact) mass is 469 g/mol. The number of para-hydroxylation sites is 1. The van der Waals surface area contributed by atoms with E-state index in [1.54, 1.807) is 17.5 Å². The van der Waals surface area contributed by atoms with Crippen LogP contribution in [0.5, 0.6) is 0 Å². The molecule has 8 nitrogen and oxygen atoms in total. The number of hydrogen-bond donors (Lipinski definition) is 1. The van der Waals surface area contributed by atoms with E-state index >= 15 is 0 Å². The van der Waals surface area contributed by atoms with Gasteiger partial charge in [-0.1, -0.05) is 31.1 Å². The van der Waals surface area contributed by atoms with Crippen molar-refractivity contribution in [3.05, 3.63) is 58.9 Å². The Morgan fingerprint density at radius 1 is 1.27 bits per heavy atom. The van der Waals surface area contributed by atoms with E-state index in [-0.39, 0.29) is 23.4 Å². The first-order chi connectivity index (χ1) is 15.8. The number of amides is 2. The van der Waals surface area contributed by atoms with Crippen LogP contribution in [-0.4, -0.2) is 26.9 Å². The second-order valence-electron chi connectivity index (χ2n) is 8.19. The normalized spacial score (nSPS) is 14.6. The molecule has 10 heteroatoms. The molecule has 1 atom stereocenters. The summed E-state index contributed by atoms with van der Waals surface area (Å²) in [6.07, 6.45) is 5.02. The van der Waals surface area contributed by atoms with Gasteiger partial charge in [-0.05, 0) is 37.0 Å². The van der Waals surface area contributed by atoms with Gasteiger partial charge in [0.2, 0.25) is 17.7 Å². The number of hydrogen-bond acceptors (Lipinski definition) is 7. The van der Waals surface area contributed by atoms with Crippen molar-refractivity contribution in [2.45, 2.75) is 45.6 Å². The SMILES string of the molecule is CC(=O)N(c1nc(/C=C/C(=O)NC(c2nc(C3CC3)no2)C(C)C)cs1)c1ccccc1F. The Morgan fingerprint density at radius 2 is 2.03 bits per heavy atom. The maximum absolute atomic E-state index is 14.2. The number of halogens is 1. The fourth-order valence-electron chi connectivity index (χ4n) is 3.25. The first-order valence-corrected chi connectivity index (χ1v) is 11.5. The lowest BCUT2D eigenvalue weighted by atomic mass is 10.0. The zero-order valence-corrected chi connectivity index (χ0v) is 19.3. The smallest absolute Gasteiger partial charge is 0.249 e. The van der Waals surface area contributed by atoms with Crippen molar-refractivity contribution in [1.29, 1.82) is 0 Å². The molecule has 1 aromatic carbocycles. The van der Waals surface area contributed by atoms with Crippen LogP contribution >= 0.6 is 11.3 Å². The maximum Gasteiger partial charge on any atom is 0.249 e. The summed E-state index contributed by atoms with van der Waals surface area (Å²) in [5.41, 5.74) is 0.597. The van der Waals surface area contributed by atoms with Crippen LogP contribution in [0.4, 0.5) is 15.2 Å². The number of carbonyl (C=O) groups excluding carboxylic acids is 2. The largest absolute Gasteiger partial charge is 0.340 e. The molecular formula is C23H24FN5O3S. The molecular weight excluding hydrogens is 445 g/mol. The van der Waals surface area contributed by atoms with Gasteiger partial charge < -0.3 is 9.84 Å². The third-order valence-corrected chi connectivity index (χ3v) is 5.99.